The number of hydrogen-bond acceptors (Lipinski definition) is 4. The van der Waals surface area contributed by atoms with Gasteiger partial charge in [0.2, 0.25) is 5.91 Å². The molecule has 1 heterocycles. The van der Waals surface area contributed by atoms with Gasteiger partial charge in [0.15, 0.2) is 0 Å². The summed E-state index contributed by atoms with van der Waals surface area (Å²) in [5.41, 5.74) is 8.42. The monoisotopic (exact) mass is 327 g/mol. The predicted octanol–water partition coefficient (Wildman–Crippen LogP) is 1.61. The number of nitrogens with one attached hydrogen (secondary N) is 1. The Morgan fingerprint density at radius 2 is 2.26 bits per heavy atom. The van der Waals surface area contributed by atoms with Crippen molar-refractivity contribution in [1.29, 1.82) is 0 Å². The molecule has 0 fully saturated rings. The first-order valence-electron chi connectivity index (χ1n) is 6.34. The van der Waals surface area contributed by atoms with Crippen LogP contribution in [0.4, 0.5) is 11.4 Å². The average Bonchev–Trinajstić information content (AvgIpc) is 2.66. The van der Waals surface area contributed by atoms with Gasteiger partial charge in [0, 0.05) is 35.4 Å². The first-order chi connectivity index (χ1) is 9.08. The van der Waals surface area contributed by atoms with E-state index in [1.807, 2.05) is 12.1 Å². The van der Waals surface area contributed by atoms with Crippen LogP contribution in [0.5, 0.6) is 0 Å². The Labute approximate surface area is 120 Å². The molecule has 1 amide bonds. The number of carbonyl (C=O) groups excluding carboxylic acids is 1. The van der Waals surface area contributed by atoms with Gasteiger partial charge in [-0.2, -0.15) is 0 Å². The minimum Gasteiger partial charge on any atom is -0.396 e. The van der Waals surface area contributed by atoms with Crippen molar-refractivity contribution in [2.24, 2.45) is 5.73 Å². The van der Waals surface area contributed by atoms with E-state index in [-0.39, 0.29) is 12.5 Å². The van der Waals surface area contributed by atoms with Crippen molar-refractivity contribution in [1.82, 2.24) is 0 Å². The Bertz CT molecular complexity index is 493. The molecule has 0 aromatic heterocycles. The first kappa shape index (κ1) is 14.3. The number of fused-ring (bicyclic) bond motifs is 1. The van der Waals surface area contributed by atoms with Crippen molar-refractivity contribution < 1.29 is 9.90 Å². The Hall–Kier alpha value is -1.11. The fourth-order valence-corrected chi connectivity index (χ4v) is 2.86. The van der Waals surface area contributed by atoms with Crippen LogP contribution in [-0.2, 0) is 4.79 Å². The fraction of sp³-hybridized carbons (Fsp3) is 0.462. The zero-order valence-electron chi connectivity index (χ0n) is 10.8. The Morgan fingerprint density at radius 3 is 2.89 bits per heavy atom. The third kappa shape index (κ3) is 2.75. The highest BCUT2D eigenvalue weighted by atomic mass is 79.9. The molecule has 6 heteroatoms. The van der Waals surface area contributed by atoms with Crippen LogP contribution in [-0.4, -0.2) is 30.7 Å². The lowest BCUT2D eigenvalue weighted by atomic mass is 10.1. The number of aliphatic hydroxyl groups excluding tert-OH is 1. The van der Waals surface area contributed by atoms with E-state index in [1.165, 1.54) is 0 Å². The zero-order chi connectivity index (χ0) is 14.0. The van der Waals surface area contributed by atoms with Crippen LogP contribution in [0, 0.1) is 0 Å². The quantitative estimate of drug-likeness (QED) is 0.767. The number of hydrogen-bond donors (Lipinski definition) is 3. The van der Waals surface area contributed by atoms with E-state index in [0.29, 0.717) is 6.42 Å². The fourth-order valence-electron chi connectivity index (χ4n) is 2.25. The largest absolute Gasteiger partial charge is 0.396 e. The van der Waals surface area contributed by atoms with Gasteiger partial charge < -0.3 is 21.1 Å². The van der Waals surface area contributed by atoms with Crippen LogP contribution in [0.1, 0.15) is 24.9 Å². The first-order valence-corrected chi connectivity index (χ1v) is 7.13. The summed E-state index contributed by atoms with van der Waals surface area (Å²) in [4.78, 5) is 13.7. The number of anilines is 2. The van der Waals surface area contributed by atoms with Gasteiger partial charge in [-0.1, -0.05) is 0 Å². The molecule has 4 N–H and O–H groups in total. The van der Waals surface area contributed by atoms with Crippen molar-refractivity contribution in [3.63, 3.8) is 0 Å². The second kappa shape index (κ2) is 5.90. The van der Waals surface area contributed by atoms with E-state index in [0.717, 1.165) is 34.5 Å². The van der Waals surface area contributed by atoms with Crippen molar-refractivity contribution in [2.45, 2.75) is 19.4 Å². The lowest BCUT2D eigenvalue weighted by Gasteiger charge is -2.25. The molecular weight excluding hydrogens is 310 g/mol. The molecule has 0 aliphatic carbocycles. The Morgan fingerprint density at radius 1 is 1.53 bits per heavy atom. The molecule has 1 aromatic carbocycles. The summed E-state index contributed by atoms with van der Waals surface area (Å²) in [7, 11) is 0. The molecule has 0 radical (unpaired) electrons. The summed E-state index contributed by atoms with van der Waals surface area (Å²) in [6, 6.07) is 3.24. The minimum absolute atomic E-state index is 0.167. The molecule has 1 aliphatic heterocycles. The van der Waals surface area contributed by atoms with Crippen molar-refractivity contribution in [3.8, 4) is 0 Å². The normalized spacial score (nSPS) is 17.3. The second-order valence-electron chi connectivity index (χ2n) is 4.51. The van der Waals surface area contributed by atoms with Crippen molar-refractivity contribution in [3.05, 3.63) is 22.2 Å². The third-order valence-corrected chi connectivity index (χ3v) is 3.94. The van der Waals surface area contributed by atoms with Gasteiger partial charge in [-0.15, -0.1) is 0 Å². The average molecular weight is 328 g/mol. The minimum atomic E-state index is -0.590. The van der Waals surface area contributed by atoms with Crippen LogP contribution < -0.4 is 16.0 Å². The number of nitrogens with zero attached hydrogens (tertiary/aromatic N) is 1. The van der Waals surface area contributed by atoms with Gasteiger partial charge in [0.05, 0.1) is 5.69 Å². The predicted molar refractivity (Wildman–Crippen MR) is 79.3 cm³/mol. The molecule has 5 nitrogen and oxygen atoms in total. The lowest BCUT2D eigenvalue weighted by Crippen LogP contribution is -2.25. The Balaban J connectivity index is 2.32. The number of carbonyl (C=O) groups is 1. The molecule has 0 saturated carbocycles. The van der Waals surface area contributed by atoms with Gasteiger partial charge in [-0.05, 0) is 41.4 Å². The SMILES string of the molecule is CCN(CCCO)c1cc2c(cc1Br)C(N)C(=O)N2. The van der Waals surface area contributed by atoms with Gasteiger partial charge in [0.1, 0.15) is 6.04 Å². The number of nitrogens with two attached hydrogens (primary N) is 1. The molecule has 104 valence electrons. The summed E-state index contributed by atoms with van der Waals surface area (Å²) in [6.07, 6.45) is 0.712. The van der Waals surface area contributed by atoms with E-state index in [1.54, 1.807) is 0 Å². The van der Waals surface area contributed by atoms with Crippen LogP contribution in [0.15, 0.2) is 16.6 Å². The van der Waals surface area contributed by atoms with E-state index in [9.17, 15) is 4.79 Å². The number of aliphatic hydroxyl groups is 1. The number of halogens is 1. The number of benzene rings is 1. The van der Waals surface area contributed by atoms with Crippen molar-refractivity contribution >= 4 is 33.2 Å². The standard InChI is InChI=1S/C13H18BrN3O2/c1-2-17(4-3-5-18)11-7-10-8(6-9(11)14)12(15)13(19)16-10/h6-7,12,18H,2-5,15H2,1H3,(H,16,19). The van der Waals surface area contributed by atoms with Gasteiger partial charge in [-0.3, -0.25) is 4.79 Å². The van der Waals surface area contributed by atoms with Gasteiger partial charge in [0.25, 0.3) is 0 Å². The molecule has 1 aromatic rings. The van der Waals surface area contributed by atoms with Crippen molar-refractivity contribution in [2.75, 3.05) is 29.9 Å². The summed E-state index contributed by atoms with van der Waals surface area (Å²) >= 11 is 3.53. The molecule has 0 bridgehead atoms. The lowest BCUT2D eigenvalue weighted by molar-refractivity contribution is -0.116. The summed E-state index contributed by atoms with van der Waals surface area (Å²) in [5.74, 6) is -0.169. The topological polar surface area (TPSA) is 78.6 Å². The molecule has 0 saturated heterocycles. The van der Waals surface area contributed by atoms with E-state index in [2.05, 4.69) is 33.1 Å². The van der Waals surface area contributed by atoms with Crippen LogP contribution >= 0.6 is 15.9 Å². The second-order valence-corrected chi connectivity index (χ2v) is 5.37. The highest BCUT2D eigenvalue weighted by Gasteiger charge is 2.28. The molecule has 19 heavy (non-hydrogen) atoms. The van der Waals surface area contributed by atoms with E-state index in [4.69, 9.17) is 10.8 Å². The van der Waals surface area contributed by atoms with E-state index < -0.39 is 6.04 Å². The van der Waals surface area contributed by atoms with Crippen LogP contribution in [0.3, 0.4) is 0 Å². The number of rotatable bonds is 5. The maximum atomic E-state index is 11.6. The zero-order valence-corrected chi connectivity index (χ0v) is 12.4. The molecule has 0 spiro atoms. The van der Waals surface area contributed by atoms with Gasteiger partial charge in [-0.25, -0.2) is 0 Å². The summed E-state index contributed by atoms with van der Waals surface area (Å²) in [6.45, 7) is 3.82. The van der Waals surface area contributed by atoms with Crippen LogP contribution in [0.25, 0.3) is 0 Å². The maximum absolute atomic E-state index is 11.6. The van der Waals surface area contributed by atoms with E-state index >= 15 is 0 Å². The molecule has 1 aliphatic rings. The maximum Gasteiger partial charge on any atom is 0.245 e. The molecule has 1 unspecified atom stereocenters. The Kier molecular flexibility index (Phi) is 4.44. The smallest absolute Gasteiger partial charge is 0.245 e. The highest BCUT2D eigenvalue weighted by molar-refractivity contribution is 9.10. The molecule has 2 rings (SSSR count). The number of amides is 1. The third-order valence-electron chi connectivity index (χ3n) is 3.30. The summed E-state index contributed by atoms with van der Waals surface area (Å²) in [5, 5.41) is 11.7. The highest BCUT2D eigenvalue weighted by Crippen LogP contribution is 2.38. The molecule has 1 atom stereocenters. The summed E-state index contributed by atoms with van der Waals surface area (Å²) < 4.78 is 0.915. The van der Waals surface area contributed by atoms with Crippen LogP contribution in [0.2, 0.25) is 0 Å². The molecular formula is C13H18BrN3O2. The van der Waals surface area contributed by atoms with Gasteiger partial charge >= 0.3 is 0 Å².